The molecule has 0 saturated heterocycles. The predicted molar refractivity (Wildman–Crippen MR) is 95.8 cm³/mol. The Kier molecular flexibility index (Phi) is 3.05. The minimum absolute atomic E-state index is 0.995. The van der Waals surface area contributed by atoms with Crippen molar-refractivity contribution in [2.45, 2.75) is 13.8 Å². The van der Waals surface area contributed by atoms with E-state index in [1.54, 1.807) is 0 Å². The molecule has 2 aromatic carbocycles. The number of benzene rings is 2. The zero-order chi connectivity index (χ0) is 15.3. The maximum Gasteiger partial charge on any atom is 0.140 e. The van der Waals surface area contributed by atoms with Crippen LogP contribution < -0.4 is 0 Å². The van der Waals surface area contributed by atoms with Gasteiger partial charge in [-0.25, -0.2) is 4.98 Å². The van der Waals surface area contributed by atoms with E-state index in [-0.39, 0.29) is 0 Å². The molecule has 22 heavy (non-hydrogen) atoms. The Labute approximate surface area is 137 Å². The van der Waals surface area contributed by atoms with Crippen molar-refractivity contribution in [3.63, 3.8) is 0 Å². The lowest BCUT2D eigenvalue weighted by molar-refractivity contribution is 1.05. The molecule has 2 heterocycles. The summed E-state index contributed by atoms with van der Waals surface area (Å²) in [6, 6.07) is 16.9. The average molecular weight is 351 g/mol. The van der Waals surface area contributed by atoms with Gasteiger partial charge in [-0.15, -0.1) is 0 Å². The first kappa shape index (κ1) is 13.5. The van der Waals surface area contributed by atoms with Crippen LogP contribution in [0.3, 0.4) is 0 Å². The fourth-order valence-corrected chi connectivity index (χ4v) is 3.45. The number of halogens is 1. The highest BCUT2D eigenvalue weighted by molar-refractivity contribution is 9.10. The Morgan fingerprint density at radius 1 is 0.909 bits per heavy atom. The van der Waals surface area contributed by atoms with E-state index >= 15 is 0 Å². The van der Waals surface area contributed by atoms with Crippen LogP contribution in [-0.4, -0.2) is 9.55 Å². The largest absolute Gasteiger partial charge is 0.293 e. The summed E-state index contributed by atoms with van der Waals surface area (Å²) in [5, 5.41) is 2.53. The summed E-state index contributed by atoms with van der Waals surface area (Å²) in [6.45, 7) is 4.26. The summed E-state index contributed by atoms with van der Waals surface area (Å²) in [5.74, 6) is 0.995. The molecule has 2 nitrogen and oxygen atoms in total. The van der Waals surface area contributed by atoms with E-state index < -0.39 is 0 Å². The van der Waals surface area contributed by atoms with E-state index in [9.17, 15) is 0 Å². The molecule has 0 aliphatic rings. The third kappa shape index (κ3) is 1.82. The number of hydrogen-bond donors (Lipinski definition) is 0. The zero-order valence-corrected chi connectivity index (χ0v) is 14.1. The van der Waals surface area contributed by atoms with E-state index in [0.717, 1.165) is 10.3 Å². The number of rotatable bonds is 1. The molecular weight excluding hydrogens is 336 g/mol. The van der Waals surface area contributed by atoms with Gasteiger partial charge in [-0.1, -0.05) is 46.3 Å². The normalized spacial score (nSPS) is 11.4. The lowest BCUT2D eigenvalue weighted by atomic mass is 10.1. The molecule has 0 aliphatic carbocycles. The molecule has 4 rings (SSSR count). The van der Waals surface area contributed by atoms with Crippen molar-refractivity contribution >= 4 is 37.7 Å². The van der Waals surface area contributed by atoms with Gasteiger partial charge in [0.25, 0.3) is 0 Å². The minimum atomic E-state index is 0.995. The SMILES string of the molecule is Cc1cccnc1-n1c2ccccc2c2ccc(Br)c(C)c21. The van der Waals surface area contributed by atoms with E-state index in [2.05, 4.69) is 81.8 Å². The van der Waals surface area contributed by atoms with E-state index in [4.69, 9.17) is 0 Å². The van der Waals surface area contributed by atoms with Gasteiger partial charge in [-0.2, -0.15) is 0 Å². The van der Waals surface area contributed by atoms with Gasteiger partial charge in [0.1, 0.15) is 5.82 Å². The molecule has 0 saturated carbocycles. The quantitative estimate of drug-likeness (QED) is 0.439. The number of nitrogens with zero attached hydrogens (tertiary/aromatic N) is 2. The van der Waals surface area contributed by atoms with Crippen LogP contribution in [0, 0.1) is 13.8 Å². The van der Waals surface area contributed by atoms with Crippen molar-refractivity contribution in [3.05, 3.63) is 70.3 Å². The molecule has 0 radical (unpaired) electrons. The van der Waals surface area contributed by atoms with Crippen LogP contribution in [0.2, 0.25) is 0 Å². The lowest BCUT2D eigenvalue weighted by Crippen LogP contribution is -2.00. The second kappa shape index (κ2) is 4.96. The fraction of sp³-hybridized carbons (Fsp3) is 0.105. The standard InChI is InChI=1S/C19H15BrN2/c1-12-6-5-11-21-19(12)22-17-8-4-3-7-14(17)15-9-10-16(20)13(2)18(15)22/h3-11H,1-2H3. The summed E-state index contributed by atoms with van der Waals surface area (Å²) in [7, 11) is 0. The van der Waals surface area contributed by atoms with Gasteiger partial charge in [0.2, 0.25) is 0 Å². The lowest BCUT2D eigenvalue weighted by Gasteiger charge is -2.11. The number of hydrogen-bond acceptors (Lipinski definition) is 1. The maximum atomic E-state index is 4.64. The van der Waals surface area contributed by atoms with Crippen molar-refractivity contribution in [1.29, 1.82) is 0 Å². The van der Waals surface area contributed by atoms with E-state index in [1.807, 2.05) is 12.3 Å². The van der Waals surface area contributed by atoms with E-state index in [0.29, 0.717) is 0 Å². The third-order valence-corrected chi connectivity index (χ3v) is 5.08. The first-order chi connectivity index (χ1) is 10.7. The molecule has 0 unspecified atom stereocenters. The topological polar surface area (TPSA) is 17.8 Å². The molecule has 108 valence electrons. The van der Waals surface area contributed by atoms with Gasteiger partial charge in [-0.3, -0.25) is 4.57 Å². The van der Waals surface area contributed by atoms with Crippen LogP contribution in [0.15, 0.2) is 59.2 Å². The average Bonchev–Trinajstić information content (AvgIpc) is 2.87. The molecule has 0 aliphatic heterocycles. The van der Waals surface area contributed by atoms with Crippen molar-refractivity contribution in [3.8, 4) is 5.82 Å². The van der Waals surface area contributed by atoms with Crippen LogP contribution in [0.1, 0.15) is 11.1 Å². The van der Waals surface area contributed by atoms with Crippen LogP contribution in [0.4, 0.5) is 0 Å². The van der Waals surface area contributed by atoms with Gasteiger partial charge < -0.3 is 0 Å². The monoisotopic (exact) mass is 350 g/mol. The molecule has 2 aromatic heterocycles. The molecule has 0 bridgehead atoms. The van der Waals surface area contributed by atoms with Gasteiger partial charge >= 0.3 is 0 Å². The maximum absolute atomic E-state index is 4.64. The fourth-order valence-electron chi connectivity index (χ4n) is 3.13. The minimum Gasteiger partial charge on any atom is -0.293 e. The summed E-state index contributed by atoms with van der Waals surface area (Å²) >= 11 is 3.67. The number of fused-ring (bicyclic) bond motifs is 3. The van der Waals surface area contributed by atoms with Crippen molar-refractivity contribution in [2.75, 3.05) is 0 Å². The molecule has 0 atom stereocenters. The molecule has 3 heteroatoms. The second-order valence-corrected chi connectivity index (χ2v) is 6.42. The third-order valence-electron chi connectivity index (χ3n) is 4.22. The molecular formula is C19H15BrN2. The highest BCUT2D eigenvalue weighted by atomic mass is 79.9. The van der Waals surface area contributed by atoms with Crippen LogP contribution in [-0.2, 0) is 0 Å². The van der Waals surface area contributed by atoms with Gasteiger partial charge in [0.05, 0.1) is 11.0 Å². The predicted octanol–water partition coefficient (Wildman–Crippen LogP) is 5.56. The molecule has 0 amide bonds. The first-order valence-corrected chi connectivity index (χ1v) is 8.08. The number of aryl methyl sites for hydroxylation is 2. The number of aromatic nitrogens is 2. The van der Waals surface area contributed by atoms with Crippen molar-refractivity contribution in [1.82, 2.24) is 9.55 Å². The number of para-hydroxylation sites is 1. The van der Waals surface area contributed by atoms with Gasteiger partial charge in [0.15, 0.2) is 0 Å². The summed E-state index contributed by atoms with van der Waals surface area (Å²) < 4.78 is 3.40. The summed E-state index contributed by atoms with van der Waals surface area (Å²) in [4.78, 5) is 4.64. The summed E-state index contributed by atoms with van der Waals surface area (Å²) in [6.07, 6.45) is 1.86. The van der Waals surface area contributed by atoms with Crippen molar-refractivity contribution < 1.29 is 0 Å². The Bertz CT molecular complexity index is 1010. The second-order valence-electron chi connectivity index (χ2n) is 5.57. The molecule has 0 spiro atoms. The highest BCUT2D eigenvalue weighted by Gasteiger charge is 2.16. The van der Waals surface area contributed by atoms with Crippen molar-refractivity contribution in [2.24, 2.45) is 0 Å². The highest BCUT2D eigenvalue weighted by Crippen LogP contribution is 2.36. The van der Waals surface area contributed by atoms with Gasteiger partial charge in [-0.05, 0) is 43.2 Å². The Balaban J connectivity index is 2.29. The van der Waals surface area contributed by atoms with Crippen LogP contribution >= 0.6 is 15.9 Å². The zero-order valence-electron chi connectivity index (χ0n) is 12.5. The smallest absolute Gasteiger partial charge is 0.140 e. The molecule has 0 N–H and O–H groups in total. The van der Waals surface area contributed by atoms with Crippen LogP contribution in [0.5, 0.6) is 0 Å². The Morgan fingerprint density at radius 3 is 2.55 bits per heavy atom. The molecule has 4 aromatic rings. The van der Waals surface area contributed by atoms with E-state index in [1.165, 1.54) is 32.9 Å². The molecule has 0 fully saturated rings. The van der Waals surface area contributed by atoms with Crippen LogP contribution in [0.25, 0.3) is 27.6 Å². The Morgan fingerprint density at radius 2 is 1.73 bits per heavy atom. The number of pyridine rings is 1. The summed E-state index contributed by atoms with van der Waals surface area (Å²) in [5.41, 5.74) is 4.82. The Hall–Kier alpha value is -2.13. The van der Waals surface area contributed by atoms with Gasteiger partial charge in [0, 0.05) is 21.4 Å². The first-order valence-electron chi connectivity index (χ1n) is 7.28.